The van der Waals surface area contributed by atoms with Crippen molar-refractivity contribution in [3.05, 3.63) is 83.7 Å². The van der Waals surface area contributed by atoms with Crippen LogP contribution in [-0.2, 0) is 9.59 Å². The first-order chi connectivity index (χ1) is 16.1. The molecule has 1 saturated heterocycles. The summed E-state index contributed by atoms with van der Waals surface area (Å²) in [5, 5.41) is 11.2. The van der Waals surface area contributed by atoms with Crippen molar-refractivity contribution in [2.75, 3.05) is 18.3 Å². The number of ketones is 1. The van der Waals surface area contributed by atoms with Crippen LogP contribution in [0.1, 0.15) is 24.1 Å². The fourth-order valence-electron chi connectivity index (χ4n) is 4.03. The van der Waals surface area contributed by atoms with Crippen molar-refractivity contribution in [2.24, 2.45) is 0 Å². The Bertz CT molecular complexity index is 1250. The fourth-order valence-corrected chi connectivity index (χ4v) is 4.03. The molecule has 1 atom stereocenters. The smallest absolute Gasteiger partial charge is 0.300 e. The summed E-state index contributed by atoms with van der Waals surface area (Å²) >= 11 is 0. The summed E-state index contributed by atoms with van der Waals surface area (Å²) < 4.78 is 16.2. The minimum Gasteiger partial charge on any atom is -0.507 e. The Morgan fingerprint density at radius 2 is 1.79 bits per heavy atom. The van der Waals surface area contributed by atoms with Gasteiger partial charge in [-0.3, -0.25) is 19.5 Å². The van der Waals surface area contributed by atoms with Gasteiger partial charge in [0.15, 0.2) is 11.5 Å². The number of fused-ring (bicyclic) bond motifs is 1. The van der Waals surface area contributed by atoms with E-state index in [-0.39, 0.29) is 18.1 Å². The summed E-state index contributed by atoms with van der Waals surface area (Å²) in [6, 6.07) is 14.4. The number of rotatable bonds is 5. The number of amides is 1. The molecule has 1 amide bonds. The number of aliphatic hydroxyl groups is 1. The topological polar surface area (TPSA) is 98.2 Å². The zero-order valence-electron chi connectivity index (χ0n) is 17.7. The summed E-state index contributed by atoms with van der Waals surface area (Å²) in [7, 11) is 0. The highest BCUT2D eigenvalue weighted by Gasteiger charge is 2.47. The monoisotopic (exact) mass is 444 g/mol. The molecular formula is C25H20N2O6. The summed E-state index contributed by atoms with van der Waals surface area (Å²) in [6.07, 6.45) is 3.16. The summed E-state index contributed by atoms with van der Waals surface area (Å²) in [4.78, 5) is 31.8. The molecule has 1 aromatic heterocycles. The Balaban J connectivity index is 1.65. The lowest BCUT2D eigenvalue weighted by molar-refractivity contribution is -0.132. The van der Waals surface area contributed by atoms with Crippen molar-refractivity contribution in [3.8, 4) is 17.2 Å². The number of hydrogen-bond acceptors (Lipinski definition) is 7. The molecule has 1 N–H and O–H groups in total. The van der Waals surface area contributed by atoms with Crippen molar-refractivity contribution in [1.82, 2.24) is 4.98 Å². The predicted molar refractivity (Wildman–Crippen MR) is 119 cm³/mol. The van der Waals surface area contributed by atoms with E-state index in [1.807, 2.05) is 6.92 Å². The Hall–Kier alpha value is -4.33. The van der Waals surface area contributed by atoms with Crippen molar-refractivity contribution in [2.45, 2.75) is 13.0 Å². The predicted octanol–water partition coefficient (Wildman–Crippen LogP) is 3.84. The minimum absolute atomic E-state index is 0.0149. The van der Waals surface area contributed by atoms with Gasteiger partial charge in [0.2, 0.25) is 6.79 Å². The maximum atomic E-state index is 13.2. The number of ether oxygens (including phenoxy) is 3. The highest BCUT2D eigenvalue weighted by atomic mass is 16.7. The molecule has 2 aliphatic heterocycles. The minimum atomic E-state index is -0.837. The van der Waals surface area contributed by atoms with Gasteiger partial charge in [0.05, 0.1) is 18.2 Å². The Morgan fingerprint density at radius 3 is 2.52 bits per heavy atom. The van der Waals surface area contributed by atoms with E-state index in [9.17, 15) is 14.7 Å². The maximum Gasteiger partial charge on any atom is 0.300 e. The molecule has 5 rings (SSSR count). The molecule has 8 heteroatoms. The van der Waals surface area contributed by atoms with E-state index in [0.29, 0.717) is 40.7 Å². The highest BCUT2D eigenvalue weighted by Crippen LogP contribution is 2.43. The van der Waals surface area contributed by atoms with Crippen LogP contribution in [0.25, 0.3) is 5.76 Å². The first kappa shape index (κ1) is 20.6. The van der Waals surface area contributed by atoms with Crippen molar-refractivity contribution < 1.29 is 28.9 Å². The molecule has 2 aliphatic rings. The maximum absolute atomic E-state index is 13.2. The number of benzene rings is 2. The third-order valence-corrected chi connectivity index (χ3v) is 5.54. The largest absolute Gasteiger partial charge is 0.507 e. The van der Waals surface area contributed by atoms with E-state index in [0.717, 1.165) is 0 Å². The number of pyridine rings is 1. The molecule has 1 fully saturated rings. The summed E-state index contributed by atoms with van der Waals surface area (Å²) in [5.41, 5.74) is 1.48. The average molecular weight is 444 g/mol. The number of aliphatic hydroxyl groups excluding tert-OH is 1. The standard InChI is InChI=1S/C25H20N2O6/c1-2-31-18-6-4-17(5-7-18)27-22(15-9-11-26-12-10-15)21(24(29)25(27)30)23(28)16-3-8-19-20(13-16)33-14-32-19/h3-13,22,28H,2,14H2,1H3/b23-21-. The zero-order valence-corrected chi connectivity index (χ0v) is 17.7. The van der Waals surface area contributed by atoms with Crippen LogP contribution >= 0.6 is 0 Å². The van der Waals surface area contributed by atoms with Gasteiger partial charge in [0, 0.05) is 23.6 Å². The molecule has 0 aliphatic carbocycles. The average Bonchev–Trinajstić information content (AvgIpc) is 3.42. The fraction of sp³-hybridized carbons (Fsp3) is 0.160. The Labute approximate surface area is 189 Å². The van der Waals surface area contributed by atoms with Gasteiger partial charge in [-0.15, -0.1) is 0 Å². The number of Topliss-reactive ketones (excluding diaryl/α,β-unsaturated/α-hetero) is 1. The Morgan fingerprint density at radius 1 is 1.06 bits per heavy atom. The molecule has 0 spiro atoms. The van der Waals surface area contributed by atoms with Crippen molar-refractivity contribution in [1.29, 1.82) is 0 Å². The second kappa shape index (κ2) is 8.31. The molecule has 33 heavy (non-hydrogen) atoms. The van der Waals surface area contributed by atoms with Gasteiger partial charge in [-0.2, -0.15) is 0 Å². The molecule has 0 saturated carbocycles. The molecule has 0 bridgehead atoms. The number of nitrogens with zero attached hydrogens (tertiary/aromatic N) is 2. The van der Waals surface area contributed by atoms with Crippen molar-refractivity contribution in [3.63, 3.8) is 0 Å². The van der Waals surface area contributed by atoms with Gasteiger partial charge < -0.3 is 19.3 Å². The molecular weight excluding hydrogens is 424 g/mol. The SMILES string of the molecule is CCOc1ccc(N2C(=O)C(=O)/C(=C(\O)c3ccc4c(c3)OCO4)C2c2ccncc2)cc1. The normalized spacial score (nSPS) is 18.6. The number of aromatic nitrogens is 1. The van der Waals surface area contributed by atoms with Gasteiger partial charge in [0.25, 0.3) is 11.7 Å². The number of hydrogen-bond donors (Lipinski definition) is 1. The van der Waals surface area contributed by atoms with E-state index >= 15 is 0 Å². The van der Waals surface area contributed by atoms with Crippen molar-refractivity contribution >= 4 is 23.1 Å². The van der Waals surface area contributed by atoms with Crippen LogP contribution in [0.3, 0.4) is 0 Å². The van der Waals surface area contributed by atoms with Crippen LogP contribution in [0.4, 0.5) is 5.69 Å². The molecule has 0 radical (unpaired) electrons. The molecule has 1 unspecified atom stereocenters. The zero-order chi connectivity index (χ0) is 22.9. The third kappa shape index (κ3) is 3.55. The number of carbonyl (C=O) groups excluding carboxylic acids is 2. The summed E-state index contributed by atoms with van der Waals surface area (Å²) in [6.45, 7) is 2.47. The van der Waals surface area contributed by atoms with Gasteiger partial charge in [-0.1, -0.05) is 0 Å². The van der Waals surface area contributed by atoms with Crippen LogP contribution in [0, 0.1) is 0 Å². The number of carbonyl (C=O) groups is 2. The van der Waals surface area contributed by atoms with E-state index in [2.05, 4.69) is 4.98 Å². The second-order valence-corrected chi connectivity index (χ2v) is 7.44. The van der Waals surface area contributed by atoms with Gasteiger partial charge in [-0.05, 0) is 67.1 Å². The second-order valence-electron chi connectivity index (χ2n) is 7.44. The van der Waals surface area contributed by atoms with E-state index < -0.39 is 17.7 Å². The van der Waals surface area contributed by atoms with E-state index in [1.165, 1.54) is 4.90 Å². The quantitative estimate of drug-likeness (QED) is 0.363. The van der Waals surface area contributed by atoms with E-state index in [1.54, 1.807) is 67.0 Å². The molecule has 3 aromatic rings. The first-order valence-electron chi connectivity index (χ1n) is 10.4. The highest BCUT2D eigenvalue weighted by molar-refractivity contribution is 6.51. The first-order valence-corrected chi connectivity index (χ1v) is 10.4. The van der Waals surface area contributed by atoms with Gasteiger partial charge in [-0.25, -0.2) is 0 Å². The summed E-state index contributed by atoms with van der Waals surface area (Å²) in [5.74, 6) is -0.142. The van der Waals surface area contributed by atoms with Crippen LogP contribution in [0.15, 0.2) is 72.6 Å². The lowest BCUT2D eigenvalue weighted by atomic mass is 9.95. The van der Waals surface area contributed by atoms with Crippen LogP contribution < -0.4 is 19.1 Å². The molecule has 8 nitrogen and oxygen atoms in total. The lowest BCUT2D eigenvalue weighted by Crippen LogP contribution is -2.29. The Kier molecular flexibility index (Phi) is 5.18. The van der Waals surface area contributed by atoms with Gasteiger partial charge >= 0.3 is 0 Å². The van der Waals surface area contributed by atoms with Crippen LogP contribution in [0.2, 0.25) is 0 Å². The lowest BCUT2D eigenvalue weighted by Gasteiger charge is -2.25. The number of anilines is 1. The molecule has 166 valence electrons. The van der Waals surface area contributed by atoms with Crippen LogP contribution in [0.5, 0.6) is 17.2 Å². The molecule has 2 aromatic carbocycles. The molecule has 3 heterocycles. The van der Waals surface area contributed by atoms with E-state index in [4.69, 9.17) is 14.2 Å². The third-order valence-electron chi connectivity index (χ3n) is 5.54. The van der Waals surface area contributed by atoms with Crippen LogP contribution in [-0.4, -0.2) is 35.2 Å². The van der Waals surface area contributed by atoms with Gasteiger partial charge in [0.1, 0.15) is 11.5 Å².